The van der Waals surface area contributed by atoms with Crippen molar-refractivity contribution in [2.24, 2.45) is 0 Å². The Bertz CT molecular complexity index is 508. The van der Waals surface area contributed by atoms with E-state index in [9.17, 15) is 0 Å². The van der Waals surface area contributed by atoms with Crippen LogP contribution in [-0.2, 0) is 13.1 Å². The molecule has 0 atom stereocenters. The minimum atomic E-state index is 0.454. The Balaban J connectivity index is 2.01. The van der Waals surface area contributed by atoms with Crippen LogP contribution in [0.4, 0.5) is 0 Å². The Hall–Kier alpha value is -1.55. The molecule has 0 unspecified atom stereocenters. The molecule has 0 fully saturated rings. The largest absolute Gasteiger partial charge is 0.348 e. The summed E-state index contributed by atoms with van der Waals surface area (Å²) in [4.78, 5) is 4.24. The third-order valence-corrected chi connectivity index (χ3v) is 3.17. The molecule has 2 aromatic rings. The molecule has 0 saturated heterocycles. The summed E-state index contributed by atoms with van der Waals surface area (Å²) in [6.07, 6.45) is 8.19. The van der Waals surface area contributed by atoms with Crippen molar-refractivity contribution >= 4 is 0 Å². The van der Waals surface area contributed by atoms with E-state index in [2.05, 4.69) is 65.6 Å². The van der Waals surface area contributed by atoms with Gasteiger partial charge in [-0.2, -0.15) is 0 Å². The van der Waals surface area contributed by atoms with E-state index in [0.717, 1.165) is 13.1 Å². The number of nitrogens with zero attached hydrogens (tertiary/aromatic N) is 3. The fraction of sp³-hybridized carbons (Fsp3) is 0.533. The smallest absolute Gasteiger partial charge is 0.0951 e. The van der Waals surface area contributed by atoms with Crippen molar-refractivity contribution in [1.82, 2.24) is 19.4 Å². The molecule has 0 saturated carbocycles. The molecule has 0 radical (unpaired) electrons. The van der Waals surface area contributed by atoms with Crippen molar-refractivity contribution < 1.29 is 0 Å². The second-order valence-corrected chi connectivity index (χ2v) is 5.61. The molecule has 2 rings (SSSR count). The van der Waals surface area contributed by atoms with Gasteiger partial charge in [-0.3, -0.25) is 0 Å². The van der Waals surface area contributed by atoms with Gasteiger partial charge in [0, 0.05) is 37.2 Å². The second kappa shape index (κ2) is 6.06. The lowest BCUT2D eigenvalue weighted by molar-refractivity contribution is 0.560. The van der Waals surface area contributed by atoms with Gasteiger partial charge in [-0.05, 0) is 25.5 Å². The minimum absolute atomic E-state index is 0.454. The highest BCUT2D eigenvalue weighted by atomic mass is 15.1. The standard InChI is InChI=1S/C15H24N4/c1-12(2)17-7-14-5-6-18(9-14)10-15-8-16-11-19(15)13(3)4/h5-6,8-9,11-13,17H,7,10H2,1-4H3. The highest BCUT2D eigenvalue weighted by molar-refractivity contribution is 5.12. The van der Waals surface area contributed by atoms with Gasteiger partial charge in [0.1, 0.15) is 0 Å². The highest BCUT2D eigenvalue weighted by Gasteiger charge is 2.06. The zero-order valence-electron chi connectivity index (χ0n) is 12.3. The predicted octanol–water partition coefficient (Wildman–Crippen LogP) is 2.81. The monoisotopic (exact) mass is 260 g/mol. The number of imidazole rings is 1. The molecule has 0 amide bonds. The average Bonchev–Trinajstić information content (AvgIpc) is 2.96. The SMILES string of the molecule is CC(C)NCc1ccn(Cc2cncn2C(C)C)c1. The molecule has 0 aliphatic rings. The molecule has 0 aromatic carbocycles. The molecule has 4 nitrogen and oxygen atoms in total. The number of hydrogen-bond donors (Lipinski definition) is 1. The van der Waals surface area contributed by atoms with Crippen molar-refractivity contribution in [2.45, 2.75) is 52.9 Å². The van der Waals surface area contributed by atoms with E-state index in [-0.39, 0.29) is 0 Å². The van der Waals surface area contributed by atoms with Gasteiger partial charge < -0.3 is 14.5 Å². The third kappa shape index (κ3) is 3.70. The van der Waals surface area contributed by atoms with E-state index >= 15 is 0 Å². The first kappa shape index (κ1) is 13.9. The summed E-state index contributed by atoms with van der Waals surface area (Å²) in [6, 6.07) is 3.15. The summed E-state index contributed by atoms with van der Waals surface area (Å²) in [5.74, 6) is 0. The summed E-state index contributed by atoms with van der Waals surface area (Å²) in [5.41, 5.74) is 2.57. The molecule has 19 heavy (non-hydrogen) atoms. The molecule has 104 valence electrons. The maximum absolute atomic E-state index is 4.24. The molecular weight excluding hydrogens is 236 g/mol. The fourth-order valence-corrected chi connectivity index (χ4v) is 2.12. The average molecular weight is 260 g/mol. The lowest BCUT2D eigenvalue weighted by atomic mass is 10.3. The van der Waals surface area contributed by atoms with Gasteiger partial charge in [0.15, 0.2) is 0 Å². The van der Waals surface area contributed by atoms with Gasteiger partial charge in [-0.25, -0.2) is 4.98 Å². The minimum Gasteiger partial charge on any atom is -0.348 e. The number of nitrogens with one attached hydrogen (secondary N) is 1. The van der Waals surface area contributed by atoms with Crippen LogP contribution in [-0.4, -0.2) is 20.2 Å². The van der Waals surface area contributed by atoms with Crippen molar-refractivity contribution in [3.63, 3.8) is 0 Å². The lowest BCUT2D eigenvalue weighted by Crippen LogP contribution is -2.21. The van der Waals surface area contributed by atoms with Crippen molar-refractivity contribution in [3.05, 3.63) is 42.2 Å². The van der Waals surface area contributed by atoms with Crippen LogP contribution in [0.15, 0.2) is 31.0 Å². The van der Waals surface area contributed by atoms with Gasteiger partial charge in [0.2, 0.25) is 0 Å². The summed E-state index contributed by atoms with van der Waals surface area (Å²) in [6.45, 7) is 10.5. The second-order valence-electron chi connectivity index (χ2n) is 5.61. The highest BCUT2D eigenvalue weighted by Crippen LogP contribution is 2.11. The van der Waals surface area contributed by atoms with Crippen LogP contribution < -0.4 is 5.32 Å². The predicted molar refractivity (Wildman–Crippen MR) is 78.1 cm³/mol. The van der Waals surface area contributed by atoms with E-state index in [1.54, 1.807) is 0 Å². The Kier molecular flexibility index (Phi) is 4.43. The lowest BCUT2D eigenvalue weighted by Gasteiger charge is -2.12. The van der Waals surface area contributed by atoms with E-state index < -0.39 is 0 Å². The molecule has 4 heteroatoms. The number of hydrogen-bond acceptors (Lipinski definition) is 2. The maximum Gasteiger partial charge on any atom is 0.0951 e. The topological polar surface area (TPSA) is 34.8 Å². The summed E-state index contributed by atoms with van der Waals surface area (Å²) in [5, 5.41) is 3.43. The Morgan fingerprint density at radius 1 is 1.26 bits per heavy atom. The first-order valence-corrected chi connectivity index (χ1v) is 6.95. The third-order valence-electron chi connectivity index (χ3n) is 3.17. The summed E-state index contributed by atoms with van der Waals surface area (Å²) in [7, 11) is 0. The molecule has 1 N–H and O–H groups in total. The van der Waals surface area contributed by atoms with Gasteiger partial charge in [0.05, 0.1) is 18.6 Å². The van der Waals surface area contributed by atoms with Gasteiger partial charge in [0.25, 0.3) is 0 Å². The first-order chi connectivity index (χ1) is 9.06. The van der Waals surface area contributed by atoms with E-state index in [1.807, 2.05) is 12.5 Å². The van der Waals surface area contributed by atoms with Crippen LogP contribution in [0.25, 0.3) is 0 Å². The fourth-order valence-electron chi connectivity index (χ4n) is 2.12. The summed E-state index contributed by atoms with van der Waals surface area (Å²) < 4.78 is 4.43. The molecular formula is C15H24N4. The van der Waals surface area contributed by atoms with Crippen molar-refractivity contribution in [2.75, 3.05) is 0 Å². The van der Waals surface area contributed by atoms with Crippen LogP contribution in [0.1, 0.15) is 45.0 Å². The molecule has 0 aliphatic carbocycles. The Morgan fingerprint density at radius 2 is 2.05 bits per heavy atom. The summed E-state index contributed by atoms with van der Waals surface area (Å²) >= 11 is 0. The van der Waals surface area contributed by atoms with Gasteiger partial charge in [-0.15, -0.1) is 0 Å². The van der Waals surface area contributed by atoms with Crippen LogP contribution in [0, 0.1) is 0 Å². The maximum atomic E-state index is 4.24. The Morgan fingerprint density at radius 3 is 2.74 bits per heavy atom. The normalized spacial score (nSPS) is 11.7. The van der Waals surface area contributed by atoms with Crippen molar-refractivity contribution in [1.29, 1.82) is 0 Å². The number of aromatic nitrogens is 3. The first-order valence-electron chi connectivity index (χ1n) is 6.95. The van der Waals surface area contributed by atoms with Crippen molar-refractivity contribution in [3.8, 4) is 0 Å². The molecule has 0 aliphatic heterocycles. The van der Waals surface area contributed by atoms with Crippen LogP contribution in [0.5, 0.6) is 0 Å². The zero-order chi connectivity index (χ0) is 13.8. The van der Waals surface area contributed by atoms with Gasteiger partial charge >= 0.3 is 0 Å². The molecule has 0 spiro atoms. The van der Waals surface area contributed by atoms with Crippen LogP contribution in [0.3, 0.4) is 0 Å². The Labute approximate surface area is 115 Å². The molecule has 2 heterocycles. The van der Waals surface area contributed by atoms with E-state index in [1.165, 1.54) is 11.3 Å². The number of rotatable bonds is 6. The van der Waals surface area contributed by atoms with E-state index in [0.29, 0.717) is 12.1 Å². The quantitative estimate of drug-likeness (QED) is 0.866. The zero-order valence-corrected chi connectivity index (χ0v) is 12.3. The van der Waals surface area contributed by atoms with E-state index in [4.69, 9.17) is 0 Å². The molecule has 0 bridgehead atoms. The van der Waals surface area contributed by atoms with Crippen LogP contribution >= 0.6 is 0 Å². The van der Waals surface area contributed by atoms with Gasteiger partial charge in [-0.1, -0.05) is 13.8 Å². The molecule has 2 aromatic heterocycles. The van der Waals surface area contributed by atoms with Crippen LogP contribution in [0.2, 0.25) is 0 Å².